The van der Waals surface area contributed by atoms with Gasteiger partial charge < -0.3 is 15.2 Å². The molecule has 134 valence electrons. The number of pyridine rings is 1. The van der Waals surface area contributed by atoms with Crippen molar-refractivity contribution < 1.29 is 10.2 Å². The highest BCUT2D eigenvalue weighted by Crippen LogP contribution is 2.33. The number of aromatic amines is 1. The van der Waals surface area contributed by atoms with Crippen molar-refractivity contribution in [2.45, 2.75) is 6.42 Å². The van der Waals surface area contributed by atoms with E-state index in [4.69, 9.17) is 11.6 Å². The largest absolute Gasteiger partial charge is 0.508 e. The van der Waals surface area contributed by atoms with E-state index in [0.29, 0.717) is 27.9 Å². The van der Waals surface area contributed by atoms with Gasteiger partial charge in [-0.15, -0.1) is 0 Å². The molecule has 0 bridgehead atoms. The van der Waals surface area contributed by atoms with E-state index in [1.165, 1.54) is 0 Å². The Bertz CT molecular complexity index is 1200. The van der Waals surface area contributed by atoms with Crippen LogP contribution in [0.3, 0.4) is 0 Å². The molecule has 1 aromatic heterocycles. The fraction of sp³-hybridized carbons (Fsp3) is 0.0455. The molecular formula is C22H16ClNO3. The third kappa shape index (κ3) is 3.39. The van der Waals surface area contributed by atoms with Gasteiger partial charge in [-0.05, 0) is 53.4 Å². The molecule has 27 heavy (non-hydrogen) atoms. The number of phenolic OH excluding ortho intramolecular Hbond substituents is 1. The minimum atomic E-state index is -0.371. The van der Waals surface area contributed by atoms with Gasteiger partial charge in [-0.25, -0.2) is 0 Å². The van der Waals surface area contributed by atoms with E-state index in [1.807, 2.05) is 30.3 Å². The van der Waals surface area contributed by atoms with E-state index < -0.39 is 0 Å². The maximum absolute atomic E-state index is 12.6. The van der Waals surface area contributed by atoms with Gasteiger partial charge in [-0.2, -0.15) is 0 Å². The SMILES string of the molecule is O=c1[nH]c2cc(Cl)ccc2c(O)c1-c1cccc(Cc2ccc(O)cc2)c1. The predicted molar refractivity (Wildman–Crippen MR) is 108 cm³/mol. The zero-order valence-electron chi connectivity index (χ0n) is 14.2. The van der Waals surface area contributed by atoms with E-state index in [-0.39, 0.29) is 22.6 Å². The van der Waals surface area contributed by atoms with Crippen molar-refractivity contribution in [2.75, 3.05) is 0 Å². The fourth-order valence-corrected chi connectivity index (χ4v) is 3.38. The van der Waals surface area contributed by atoms with Crippen molar-refractivity contribution in [3.05, 3.63) is 93.2 Å². The van der Waals surface area contributed by atoms with Crippen LogP contribution in [0.15, 0.2) is 71.5 Å². The lowest BCUT2D eigenvalue weighted by Crippen LogP contribution is -2.09. The number of aromatic hydroxyl groups is 2. The average molecular weight is 378 g/mol. The third-order valence-electron chi connectivity index (χ3n) is 4.51. The van der Waals surface area contributed by atoms with Gasteiger partial charge >= 0.3 is 0 Å². The Morgan fingerprint density at radius 3 is 2.44 bits per heavy atom. The topological polar surface area (TPSA) is 73.3 Å². The lowest BCUT2D eigenvalue weighted by atomic mass is 9.98. The van der Waals surface area contributed by atoms with Crippen LogP contribution >= 0.6 is 11.6 Å². The number of H-pyrrole nitrogens is 1. The summed E-state index contributed by atoms with van der Waals surface area (Å²) >= 11 is 5.97. The second-order valence-electron chi connectivity index (χ2n) is 6.41. The number of halogens is 1. The molecule has 4 nitrogen and oxygen atoms in total. The number of fused-ring (bicyclic) bond motifs is 1. The van der Waals surface area contributed by atoms with Crippen LogP contribution in [-0.4, -0.2) is 15.2 Å². The molecule has 0 aliphatic carbocycles. The normalized spacial score (nSPS) is 11.0. The van der Waals surface area contributed by atoms with Gasteiger partial charge in [-0.3, -0.25) is 4.79 Å². The summed E-state index contributed by atoms with van der Waals surface area (Å²) in [5, 5.41) is 21.1. The molecule has 0 unspecified atom stereocenters. The number of nitrogens with one attached hydrogen (secondary N) is 1. The lowest BCUT2D eigenvalue weighted by molar-refractivity contribution is 0.475. The summed E-state index contributed by atoms with van der Waals surface area (Å²) in [6.45, 7) is 0. The number of aromatic nitrogens is 1. The molecule has 4 aromatic rings. The zero-order chi connectivity index (χ0) is 19.0. The van der Waals surface area contributed by atoms with Crippen molar-refractivity contribution >= 4 is 22.5 Å². The van der Waals surface area contributed by atoms with Crippen LogP contribution in [0.5, 0.6) is 11.5 Å². The summed E-state index contributed by atoms with van der Waals surface area (Å²) < 4.78 is 0. The van der Waals surface area contributed by atoms with Crippen LogP contribution in [0.4, 0.5) is 0 Å². The van der Waals surface area contributed by atoms with Gasteiger partial charge in [0, 0.05) is 10.4 Å². The van der Waals surface area contributed by atoms with Crippen LogP contribution < -0.4 is 5.56 Å². The first kappa shape index (κ1) is 17.2. The van der Waals surface area contributed by atoms with Gasteiger partial charge in [-0.1, -0.05) is 48.0 Å². The molecule has 0 aliphatic heterocycles. The Kier molecular flexibility index (Phi) is 4.34. The molecule has 0 spiro atoms. The lowest BCUT2D eigenvalue weighted by Gasteiger charge is -2.10. The number of phenols is 1. The Hall–Kier alpha value is -3.24. The summed E-state index contributed by atoms with van der Waals surface area (Å²) in [6, 6.07) is 19.5. The van der Waals surface area contributed by atoms with Crippen molar-refractivity contribution in [2.24, 2.45) is 0 Å². The van der Waals surface area contributed by atoms with Crippen molar-refractivity contribution in [1.82, 2.24) is 4.98 Å². The molecule has 5 heteroatoms. The molecule has 0 radical (unpaired) electrons. The molecule has 3 N–H and O–H groups in total. The summed E-state index contributed by atoms with van der Waals surface area (Å²) in [4.78, 5) is 15.4. The number of hydrogen-bond donors (Lipinski definition) is 3. The van der Waals surface area contributed by atoms with Gasteiger partial charge in [0.15, 0.2) is 0 Å². The summed E-state index contributed by atoms with van der Waals surface area (Å²) in [7, 11) is 0. The molecule has 0 amide bonds. The zero-order valence-corrected chi connectivity index (χ0v) is 15.0. The predicted octanol–water partition coefficient (Wildman–Crippen LogP) is 4.85. The monoisotopic (exact) mass is 377 g/mol. The maximum Gasteiger partial charge on any atom is 0.260 e. The summed E-state index contributed by atoms with van der Waals surface area (Å²) in [5.74, 6) is 0.160. The maximum atomic E-state index is 12.6. The van der Waals surface area contributed by atoms with Crippen LogP contribution in [0, 0.1) is 0 Å². The average Bonchev–Trinajstić information content (AvgIpc) is 2.64. The highest BCUT2D eigenvalue weighted by atomic mass is 35.5. The highest BCUT2D eigenvalue weighted by molar-refractivity contribution is 6.31. The van der Waals surface area contributed by atoms with Gasteiger partial charge in [0.1, 0.15) is 11.5 Å². The van der Waals surface area contributed by atoms with E-state index >= 15 is 0 Å². The molecule has 4 rings (SSSR count). The van der Waals surface area contributed by atoms with E-state index in [1.54, 1.807) is 36.4 Å². The second-order valence-corrected chi connectivity index (χ2v) is 6.85. The molecule has 0 aliphatic rings. The molecular weight excluding hydrogens is 362 g/mol. The Balaban J connectivity index is 1.78. The molecule has 3 aromatic carbocycles. The van der Waals surface area contributed by atoms with Crippen LogP contribution in [0.2, 0.25) is 5.02 Å². The van der Waals surface area contributed by atoms with Gasteiger partial charge in [0.25, 0.3) is 5.56 Å². The standard InChI is InChI=1S/C22H16ClNO3/c23-16-6-9-18-19(12-16)24-22(27)20(21(18)26)15-3-1-2-14(11-15)10-13-4-7-17(25)8-5-13/h1-9,11-12,25H,10H2,(H2,24,26,27). The van der Waals surface area contributed by atoms with Crippen LogP contribution in [-0.2, 0) is 6.42 Å². The Morgan fingerprint density at radius 1 is 0.889 bits per heavy atom. The van der Waals surface area contributed by atoms with E-state index in [2.05, 4.69) is 4.98 Å². The number of rotatable bonds is 3. The minimum Gasteiger partial charge on any atom is -0.508 e. The van der Waals surface area contributed by atoms with Gasteiger partial charge in [0.2, 0.25) is 0 Å². The molecule has 1 heterocycles. The fourth-order valence-electron chi connectivity index (χ4n) is 3.21. The van der Waals surface area contributed by atoms with E-state index in [9.17, 15) is 15.0 Å². The first-order chi connectivity index (χ1) is 13.0. The minimum absolute atomic E-state index is 0.0628. The quantitative estimate of drug-likeness (QED) is 0.477. The Morgan fingerprint density at radius 2 is 1.67 bits per heavy atom. The highest BCUT2D eigenvalue weighted by Gasteiger charge is 2.14. The van der Waals surface area contributed by atoms with Crippen molar-refractivity contribution in [3.8, 4) is 22.6 Å². The van der Waals surface area contributed by atoms with E-state index in [0.717, 1.165) is 11.1 Å². The van der Waals surface area contributed by atoms with Gasteiger partial charge in [0.05, 0.1) is 11.1 Å². The third-order valence-corrected chi connectivity index (χ3v) is 4.74. The summed E-state index contributed by atoms with van der Waals surface area (Å²) in [6.07, 6.45) is 0.649. The molecule has 0 saturated carbocycles. The van der Waals surface area contributed by atoms with Crippen molar-refractivity contribution in [1.29, 1.82) is 0 Å². The molecule has 0 fully saturated rings. The van der Waals surface area contributed by atoms with Crippen molar-refractivity contribution in [3.63, 3.8) is 0 Å². The smallest absolute Gasteiger partial charge is 0.260 e. The summed E-state index contributed by atoms with van der Waals surface area (Å²) in [5.41, 5.74) is 3.03. The molecule has 0 saturated heterocycles. The van der Waals surface area contributed by atoms with Crippen LogP contribution in [0.25, 0.3) is 22.0 Å². The first-order valence-electron chi connectivity index (χ1n) is 8.43. The first-order valence-corrected chi connectivity index (χ1v) is 8.81. The number of benzene rings is 3. The second kappa shape index (κ2) is 6.82. The Labute approximate surface area is 160 Å². The number of hydrogen-bond acceptors (Lipinski definition) is 3. The van der Waals surface area contributed by atoms with Crippen LogP contribution in [0.1, 0.15) is 11.1 Å². The molecule has 0 atom stereocenters.